The van der Waals surface area contributed by atoms with Crippen LogP contribution in [-0.4, -0.2) is 35.5 Å². The SMILES string of the molecule is CC[C@@H](C)Nc1nc(Nc2ccc(C(=O)OC)cc2)cc(-c2cccc(OC(F)(F)F)c2)n1. The van der Waals surface area contributed by atoms with Gasteiger partial charge in [0.05, 0.1) is 18.4 Å². The molecule has 174 valence electrons. The Bertz CT molecular complexity index is 1100. The van der Waals surface area contributed by atoms with Crippen LogP contribution in [0.15, 0.2) is 54.6 Å². The number of aromatic nitrogens is 2. The average molecular weight is 460 g/mol. The van der Waals surface area contributed by atoms with Crippen molar-refractivity contribution in [2.75, 3.05) is 17.7 Å². The molecule has 1 aromatic heterocycles. The predicted molar refractivity (Wildman–Crippen MR) is 119 cm³/mol. The number of carbonyl (C=O) groups excluding carboxylic acids is 1. The number of rotatable bonds is 8. The van der Waals surface area contributed by atoms with Gasteiger partial charge in [-0.05, 0) is 49.7 Å². The summed E-state index contributed by atoms with van der Waals surface area (Å²) in [6, 6.07) is 13.8. The van der Waals surface area contributed by atoms with Gasteiger partial charge in [-0.25, -0.2) is 9.78 Å². The molecule has 0 bridgehead atoms. The number of anilines is 3. The van der Waals surface area contributed by atoms with E-state index in [1.165, 1.54) is 25.3 Å². The number of benzene rings is 2. The van der Waals surface area contributed by atoms with Gasteiger partial charge < -0.3 is 20.1 Å². The quantitative estimate of drug-likeness (QED) is 0.412. The van der Waals surface area contributed by atoms with Crippen molar-refractivity contribution in [3.8, 4) is 17.0 Å². The van der Waals surface area contributed by atoms with Crippen molar-refractivity contribution in [1.82, 2.24) is 9.97 Å². The fraction of sp³-hybridized carbons (Fsp3) is 0.261. The van der Waals surface area contributed by atoms with Gasteiger partial charge in [-0.1, -0.05) is 19.1 Å². The van der Waals surface area contributed by atoms with E-state index in [4.69, 9.17) is 4.74 Å². The molecule has 0 saturated carbocycles. The van der Waals surface area contributed by atoms with Crippen molar-refractivity contribution < 1.29 is 27.4 Å². The van der Waals surface area contributed by atoms with Crippen LogP contribution in [0.25, 0.3) is 11.3 Å². The van der Waals surface area contributed by atoms with Crippen LogP contribution in [-0.2, 0) is 4.74 Å². The van der Waals surface area contributed by atoms with Crippen molar-refractivity contribution in [3.05, 3.63) is 60.2 Å². The van der Waals surface area contributed by atoms with Crippen LogP contribution in [0.3, 0.4) is 0 Å². The summed E-state index contributed by atoms with van der Waals surface area (Å²) in [5.74, 6) is -0.0636. The lowest BCUT2D eigenvalue weighted by Crippen LogP contribution is -2.17. The molecule has 0 spiro atoms. The highest BCUT2D eigenvalue weighted by molar-refractivity contribution is 5.89. The fourth-order valence-electron chi connectivity index (χ4n) is 2.85. The fourth-order valence-corrected chi connectivity index (χ4v) is 2.85. The number of hydrogen-bond donors (Lipinski definition) is 2. The van der Waals surface area contributed by atoms with E-state index in [1.54, 1.807) is 36.4 Å². The lowest BCUT2D eigenvalue weighted by molar-refractivity contribution is -0.274. The molecule has 7 nitrogen and oxygen atoms in total. The Morgan fingerprint density at radius 2 is 1.82 bits per heavy atom. The summed E-state index contributed by atoms with van der Waals surface area (Å²) in [5, 5.41) is 6.31. The van der Waals surface area contributed by atoms with Crippen molar-refractivity contribution in [3.63, 3.8) is 0 Å². The third-order valence-electron chi connectivity index (χ3n) is 4.66. The van der Waals surface area contributed by atoms with E-state index in [9.17, 15) is 18.0 Å². The number of alkyl halides is 3. The summed E-state index contributed by atoms with van der Waals surface area (Å²) in [6.07, 6.45) is -3.98. The topological polar surface area (TPSA) is 85.4 Å². The number of esters is 1. The Morgan fingerprint density at radius 1 is 1.09 bits per heavy atom. The highest BCUT2D eigenvalue weighted by atomic mass is 19.4. The van der Waals surface area contributed by atoms with Gasteiger partial charge in [-0.15, -0.1) is 13.2 Å². The van der Waals surface area contributed by atoms with E-state index >= 15 is 0 Å². The molecule has 0 aliphatic carbocycles. The summed E-state index contributed by atoms with van der Waals surface area (Å²) < 4.78 is 46.6. The Labute approximate surface area is 189 Å². The zero-order chi connectivity index (χ0) is 24.0. The summed E-state index contributed by atoms with van der Waals surface area (Å²) in [7, 11) is 1.30. The maximum absolute atomic E-state index is 12.6. The van der Waals surface area contributed by atoms with Crippen molar-refractivity contribution in [2.24, 2.45) is 0 Å². The summed E-state index contributed by atoms with van der Waals surface area (Å²) in [4.78, 5) is 20.5. The number of nitrogens with one attached hydrogen (secondary N) is 2. The van der Waals surface area contributed by atoms with Gasteiger partial charge in [0.25, 0.3) is 0 Å². The third-order valence-corrected chi connectivity index (χ3v) is 4.66. The molecule has 0 aliphatic heterocycles. The van der Waals surface area contributed by atoms with Gasteiger partial charge in [0.1, 0.15) is 11.6 Å². The van der Waals surface area contributed by atoms with Gasteiger partial charge in [0, 0.05) is 23.4 Å². The molecule has 10 heteroatoms. The zero-order valence-corrected chi connectivity index (χ0v) is 18.2. The maximum Gasteiger partial charge on any atom is 0.573 e. The van der Waals surface area contributed by atoms with E-state index in [0.717, 1.165) is 6.42 Å². The molecule has 0 amide bonds. The Morgan fingerprint density at radius 3 is 2.45 bits per heavy atom. The van der Waals surface area contributed by atoms with E-state index in [2.05, 4.69) is 25.3 Å². The smallest absolute Gasteiger partial charge is 0.465 e. The van der Waals surface area contributed by atoms with E-state index in [0.29, 0.717) is 34.3 Å². The predicted octanol–water partition coefficient (Wildman–Crippen LogP) is 5.78. The molecule has 0 radical (unpaired) electrons. The third kappa shape index (κ3) is 6.83. The second kappa shape index (κ2) is 10.2. The second-order valence-corrected chi connectivity index (χ2v) is 7.19. The Balaban J connectivity index is 1.94. The molecule has 33 heavy (non-hydrogen) atoms. The standard InChI is InChI=1S/C23H23F3N4O3/c1-4-14(2)27-22-29-19(16-6-5-7-18(12-16)33-23(24,25)26)13-20(30-22)28-17-10-8-15(9-11-17)21(31)32-3/h5-14H,4H2,1-3H3,(H2,27,28,29,30)/t14-/m1/s1. The summed E-state index contributed by atoms with van der Waals surface area (Å²) in [5.41, 5.74) is 1.87. The minimum absolute atomic E-state index is 0.0762. The van der Waals surface area contributed by atoms with Gasteiger partial charge in [-0.3, -0.25) is 0 Å². The van der Waals surface area contributed by atoms with Crippen molar-refractivity contribution in [2.45, 2.75) is 32.7 Å². The first-order valence-corrected chi connectivity index (χ1v) is 10.1. The Kier molecular flexibility index (Phi) is 7.37. The van der Waals surface area contributed by atoms with Crippen LogP contribution in [0.2, 0.25) is 0 Å². The van der Waals surface area contributed by atoms with E-state index in [-0.39, 0.29) is 11.8 Å². The van der Waals surface area contributed by atoms with Crippen LogP contribution in [0.4, 0.5) is 30.6 Å². The highest BCUT2D eigenvalue weighted by Crippen LogP contribution is 2.29. The van der Waals surface area contributed by atoms with Crippen LogP contribution in [0, 0.1) is 0 Å². The molecule has 1 heterocycles. The molecule has 0 aliphatic rings. The first-order valence-electron chi connectivity index (χ1n) is 10.1. The van der Waals surface area contributed by atoms with Crippen molar-refractivity contribution in [1.29, 1.82) is 0 Å². The van der Waals surface area contributed by atoms with Gasteiger partial charge in [0.2, 0.25) is 5.95 Å². The first-order chi connectivity index (χ1) is 15.7. The lowest BCUT2D eigenvalue weighted by Gasteiger charge is -2.15. The number of ether oxygens (including phenoxy) is 2. The Hall–Kier alpha value is -3.82. The van der Waals surface area contributed by atoms with Gasteiger partial charge in [-0.2, -0.15) is 4.98 Å². The largest absolute Gasteiger partial charge is 0.573 e. The van der Waals surface area contributed by atoms with Crippen LogP contribution < -0.4 is 15.4 Å². The summed E-state index contributed by atoms with van der Waals surface area (Å²) in [6.45, 7) is 3.97. The van der Waals surface area contributed by atoms with Crippen LogP contribution in [0.1, 0.15) is 30.6 Å². The first kappa shape index (κ1) is 23.8. The molecule has 0 fully saturated rings. The maximum atomic E-state index is 12.6. The number of hydrogen-bond acceptors (Lipinski definition) is 7. The monoisotopic (exact) mass is 460 g/mol. The van der Waals surface area contributed by atoms with Crippen LogP contribution in [0.5, 0.6) is 5.75 Å². The van der Waals surface area contributed by atoms with Crippen LogP contribution >= 0.6 is 0 Å². The molecular formula is C23H23F3N4O3. The molecular weight excluding hydrogens is 437 g/mol. The normalized spacial score (nSPS) is 12.1. The second-order valence-electron chi connectivity index (χ2n) is 7.19. The molecule has 1 atom stereocenters. The molecule has 3 rings (SSSR count). The molecule has 0 saturated heterocycles. The zero-order valence-electron chi connectivity index (χ0n) is 18.2. The lowest BCUT2D eigenvalue weighted by atomic mass is 10.1. The van der Waals surface area contributed by atoms with Gasteiger partial charge >= 0.3 is 12.3 Å². The average Bonchev–Trinajstić information content (AvgIpc) is 2.78. The molecule has 2 aromatic carbocycles. The van der Waals surface area contributed by atoms with E-state index in [1.807, 2.05) is 13.8 Å². The number of nitrogens with zero attached hydrogens (tertiary/aromatic N) is 2. The van der Waals surface area contributed by atoms with Gasteiger partial charge in [0.15, 0.2) is 0 Å². The number of carbonyl (C=O) groups is 1. The van der Waals surface area contributed by atoms with Crippen molar-refractivity contribution >= 4 is 23.4 Å². The molecule has 3 aromatic rings. The minimum atomic E-state index is -4.79. The number of methoxy groups -OCH3 is 1. The van der Waals surface area contributed by atoms with E-state index < -0.39 is 12.3 Å². The highest BCUT2D eigenvalue weighted by Gasteiger charge is 2.31. The molecule has 0 unspecified atom stereocenters. The summed E-state index contributed by atoms with van der Waals surface area (Å²) >= 11 is 0. The minimum Gasteiger partial charge on any atom is -0.465 e. The molecule has 2 N–H and O–H groups in total. The number of halogens is 3.